The Morgan fingerprint density at radius 1 is 1.56 bits per heavy atom. The van der Waals surface area contributed by atoms with E-state index in [9.17, 15) is 4.39 Å². The lowest BCUT2D eigenvalue weighted by atomic mass is 10.1. The fourth-order valence-electron chi connectivity index (χ4n) is 1.14. The van der Waals surface area contributed by atoms with Crippen LogP contribution in [0.4, 0.5) is 4.39 Å². The number of amidine groups is 1. The normalized spacial score (nSPS) is 12.1. The van der Waals surface area contributed by atoms with E-state index in [4.69, 9.17) is 10.9 Å². The van der Waals surface area contributed by atoms with Gasteiger partial charge in [-0.25, -0.2) is 4.39 Å². The molecule has 0 aromatic heterocycles. The highest BCUT2D eigenvalue weighted by atomic mass is 32.2. The maximum Gasteiger partial charge on any atom is 0.170 e. The third-order valence-corrected chi connectivity index (χ3v) is 3.17. The molecule has 0 bridgehead atoms. The van der Waals surface area contributed by atoms with E-state index < -0.39 is 0 Å². The summed E-state index contributed by atoms with van der Waals surface area (Å²) in [5.74, 6) is 0.221. The van der Waals surface area contributed by atoms with Gasteiger partial charge in [0.05, 0.1) is 0 Å². The average molecular weight is 242 g/mol. The number of hydrogen-bond donors (Lipinski definition) is 2. The summed E-state index contributed by atoms with van der Waals surface area (Å²) in [5.41, 5.74) is 6.38. The molecule has 0 saturated heterocycles. The number of oxime groups is 1. The molecule has 0 saturated carbocycles. The Labute approximate surface area is 98.5 Å². The number of hydrogen-bond acceptors (Lipinski definition) is 3. The molecule has 3 N–H and O–H groups in total. The highest BCUT2D eigenvalue weighted by molar-refractivity contribution is 7.99. The van der Waals surface area contributed by atoms with Crippen molar-refractivity contribution >= 4 is 17.6 Å². The highest BCUT2D eigenvalue weighted by Crippen LogP contribution is 2.20. The zero-order chi connectivity index (χ0) is 12.1. The van der Waals surface area contributed by atoms with E-state index in [0.717, 1.165) is 0 Å². The van der Waals surface area contributed by atoms with Gasteiger partial charge < -0.3 is 10.9 Å². The molecule has 0 unspecified atom stereocenters. The van der Waals surface area contributed by atoms with E-state index in [1.807, 2.05) is 0 Å². The molecule has 0 amide bonds. The smallest absolute Gasteiger partial charge is 0.170 e. The molecule has 0 aliphatic carbocycles. The Balaban J connectivity index is 2.83. The standard InChI is InChI=1S/C11H15FN2OS/c1-7(2)16-6-9-4-3-8(5-10(9)12)11(13)14-15/h3-5,7,15H,6H2,1-2H3,(H2,13,14). The molecule has 16 heavy (non-hydrogen) atoms. The number of thioether (sulfide) groups is 1. The first-order chi connectivity index (χ1) is 7.54. The lowest BCUT2D eigenvalue weighted by molar-refractivity contribution is 0.318. The van der Waals surface area contributed by atoms with E-state index in [0.29, 0.717) is 22.1 Å². The molecule has 5 heteroatoms. The Morgan fingerprint density at radius 3 is 2.75 bits per heavy atom. The molecule has 0 fully saturated rings. The van der Waals surface area contributed by atoms with Crippen LogP contribution in [-0.2, 0) is 5.75 Å². The summed E-state index contributed by atoms with van der Waals surface area (Å²) in [7, 11) is 0. The van der Waals surface area contributed by atoms with Gasteiger partial charge in [-0.2, -0.15) is 11.8 Å². The molecule has 3 nitrogen and oxygen atoms in total. The van der Waals surface area contributed by atoms with Crippen LogP contribution in [0.25, 0.3) is 0 Å². The Kier molecular flexibility index (Phi) is 4.61. The van der Waals surface area contributed by atoms with Crippen molar-refractivity contribution in [3.05, 3.63) is 35.1 Å². The van der Waals surface area contributed by atoms with E-state index >= 15 is 0 Å². The summed E-state index contributed by atoms with van der Waals surface area (Å²) in [6, 6.07) is 4.59. The highest BCUT2D eigenvalue weighted by Gasteiger charge is 2.07. The zero-order valence-corrected chi connectivity index (χ0v) is 10.1. The van der Waals surface area contributed by atoms with Gasteiger partial charge in [-0.1, -0.05) is 31.1 Å². The van der Waals surface area contributed by atoms with Crippen LogP contribution in [0.1, 0.15) is 25.0 Å². The average Bonchev–Trinajstić information content (AvgIpc) is 2.26. The lowest BCUT2D eigenvalue weighted by Gasteiger charge is -2.07. The minimum absolute atomic E-state index is 0.0815. The van der Waals surface area contributed by atoms with Crippen molar-refractivity contribution < 1.29 is 9.60 Å². The third kappa shape index (κ3) is 3.41. The van der Waals surface area contributed by atoms with Gasteiger partial charge in [0.15, 0.2) is 5.84 Å². The van der Waals surface area contributed by atoms with Crippen molar-refractivity contribution in [2.75, 3.05) is 0 Å². The van der Waals surface area contributed by atoms with Gasteiger partial charge in [-0.15, -0.1) is 0 Å². The van der Waals surface area contributed by atoms with Crippen molar-refractivity contribution in [2.45, 2.75) is 24.9 Å². The van der Waals surface area contributed by atoms with Gasteiger partial charge in [0, 0.05) is 11.3 Å². The molecule has 1 aromatic carbocycles. The minimum Gasteiger partial charge on any atom is -0.409 e. The Morgan fingerprint density at radius 2 is 2.25 bits per heavy atom. The van der Waals surface area contributed by atoms with Crippen molar-refractivity contribution in [3.63, 3.8) is 0 Å². The van der Waals surface area contributed by atoms with E-state index in [2.05, 4.69) is 19.0 Å². The molecule has 1 rings (SSSR count). The summed E-state index contributed by atoms with van der Waals surface area (Å²) in [6.07, 6.45) is 0. The van der Waals surface area contributed by atoms with Crippen molar-refractivity contribution in [1.29, 1.82) is 0 Å². The number of benzene rings is 1. The maximum atomic E-state index is 13.6. The molecule has 0 radical (unpaired) electrons. The van der Waals surface area contributed by atoms with Crippen LogP contribution in [0.3, 0.4) is 0 Å². The van der Waals surface area contributed by atoms with Gasteiger partial charge >= 0.3 is 0 Å². The van der Waals surface area contributed by atoms with Crippen LogP contribution in [0.2, 0.25) is 0 Å². The fourth-order valence-corrected chi connectivity index (χ4v) is 1.88. The summed E-state index contributed by atoms with van der Waals surface area (Å²) in [5, 5.41) is 11.7. The number of nitrogens with zero attached hydrogens (tertiary/aromatic N) is 1. The van der Waals surface area contributed by atoms with Gasteiger partial charge in [-0.05, 0) is 16.9 Å². The Hall–Kier alpha value is -1.23. The van der Waals surface area contributed by atoms with Crippen LogP contribution < -0.4 is 5.73 Å². The molecular weight excluding hydrogens is 227 g/mol. The van der Waals surface area contributed by atoms with Crippen LogP contribution in [-0.4, -0.2) is 16.3 Å². The third-order valence-electron chi connectivity index (χ3n) is 2.03. The molecule has 1 aromatic rings. The zero-order valence-electron chi connectivity index (χ0n) is 9.27. The molecule has 88 valence electrons. The number of rotatable bonds is 4. The van der Waals surface area contributed by atoms with E-state index in [1.54, 1.807) is 23.9 Å². The fraction of sp³-hybridized carbons (Fsp3) is 0.364. The first-order valence-corrected chi connectivity index (χ1v) is 5.97. The number of nitrogens with two attached hydrogens (primary N) is 1. The second-order valence-corrected chi connectivity index (χ2v) is 5.22. The van der Waals surface area contributed by atoms with Gasteiger partial charge in [0.1, 0.15) is 5.82 Å². The maximum absolute atomic E-state index is 13.6. The van der Waals surface area contributed by atoms with Gasteiger partial charge in [0.25, 0.3) is 0 Å². The van der Waals surface area contributed by atoms with Crippen molar-refractivity contribution in [2.24, 2.45) is 10.9 Å². The van der Waals surface area contributed by atoms with Gasteiger partial charge in [0.2, 0.25) is 0 Å². The Bertz CT molecular complexity index is 394. The van der Waals surface area contributed by atoms with Crippen LogP contribution >= 0.6 is 11.8 Å². The van der Waals surface area contributed by atoms with Crippen molar-refractivity contribution in [1.82, 2.24) is 0 Å². The second-order valence-electron chi connectivity index (χ2n) is 3.65. The molecular formula is C11H15FN2OS. The molecule has 0 heterocycles. The van der Waals surface area contributed by atoms with Crippen LogP contribution in [0.5, 0.6) is 0 Å². The minimum atomic E-state index is -0.322. The summed E-state index contributed by atoms with van der Waals surface area (Å²) in [4.78, 5) is 0. The summed E-state index contributed by atoms with van der Waals surface area (Å²) < 4.78 is 13.6. The first kappa shape index (κ1) is 12.8. The predicted octanol–water partition coefficient (Wildman–Crippen LogP) is 2.56. The molecule has 0 spiro atoms. The predicted molar refractivity (Wildman–Crippen MR) is 65.3 cm³/mol. The second kappa shape index (κ2) is 5.75. The SMILES string of the molecule is CC(C)SCc1ccc(/C(N)=N/O)cc1F. The monoisotopic (exact) mass is 242 g/mol. The van der Waals surface area contributed by atoms with E-state index in [-0.39, 0.29) is 11.7 Å². The largest absolute Gasteiger partial charge is 0.409 e. The van der Waals surface area contributed by atoms with Gasteiger partial charge in [-0.3, -0.25) is 0 Å². The lowest BCUT2D eigenvalue weighted by Crippen LogP contribution is -2.13. The van der Waals surface area contributed by atoms with E-state index in [1.165, 1.54) is 6.07 Å². The van der Waals surface area contributed by atoms with Crippen LogP contribution in [0.15, 0.2) is 23.4 Å². The quantitative estimate of drug-likeness (QED) is 0.369. The topological polar surface area (TPSA) is 58.6 Å². The summed E-state index contributed by atoms with van der Waals surface area (Å²) in [6.45, 7) is 4.13. The first-order valence-electron chi connectivity index (χ1n) is 4.92. The number of halogens is 1. The van der Waals surface area contributed by atoms with Crippen LogP contribution in [0, 0.1) is 5.82 Å². The molecule has 0 atom stereocenters. The molecule has 0 aliphatic rings. The van der Waals surface area contributed by atoms with Crippen molar-refractivity contribution in [3.8, 4) is 0 Å². The summed E-state index contributed by atoms with van der Waals surface area (Å²) >= 11 is 1.67. The molecule has 0 aliphatic heterocycles.